The first kappa shape index (κ1) is 10.1. The second-order valence-electron chi connectivity index (χ2n) is 4.18. The van der Waals surface area contributed by atoms with Crippen LogP contribution in [0.25, 0.3) is 0 Å². The van der Waals surface area contributed by atoms with E-state index >= 15 is 0 Å². The van der Waals surface area contributed by atoms with Gasteiger partial charge in [-0.05, 0) is 5.56 Å². The lowest BCUT2D eigenvalue weighted by Gasteiger charge is -2.22. The Labute approximate surface area is 98.3 Å². The van der Waals surface area contributed by atoms with Crippen LogP contribution in [0.2, 0.25) is 0 Å². The molecule has 4 heteroatoms. The maximum absolute atomic E-state index is 11.7. The zero-order valence-electron chi connectivity index (χ0n) is 9.10. The molecule has 3 rings (SSSR count). The van der Waals surface area contributed by atoms with E-state index in [9.17, 15) is 9.59 Å². The number of amides is 1. The fourth-order valence-electron chi connectivity index (χ4n) is 2.35. The predicted octanol–water partition coefficient (Wildman–Crippen LogP) is 1.10. The summed E-state index contributed by atoms with van der Waals surface area (Å²) in [4.78, 5) is 23.3. The molecular formula is C13H11NO3. The highest BCUT2D eigenvalue weighted by Gasteiger charge is 2.37. The van der Waals surface area contributed by atoms with E-state index in [4.69, 9.17) is 4.74 Å². The molecule has 0 radical (unpaired) electrons. The molecule has 1 aromatic carbocycles. The zero-order chi connectivity index (χ0) is 11.8. The summed E-state index contributed by atoms with van der Waals surface area (Å²) in [6.45, 7) is 0.184. The number of carbonyl (C=O) groups excluding carboxylic acids is 2. The lowest BCUT2D eigenvalue weighted by molar-refractivity contribution is -0.136. The molecule has 0 fully saturated rings. The van der Waals surface area contributed by atoms with Gasteiger partial charge in [0.2, 0.25) is 5.91 Å². The van der Waals surface area contributed by atoms with E-state index in [1.165, 1.54) is 0 Å². The molecule has 17 heavy (non-hydrogen) atoms. The number of esters is 1. The molecule has 0 aromatic heterocycles. The fourth-order valence-corrected chi connectivity index (χ4v) is 2.35. The van der Waals surface area contributed by atoms with Crippen LogP contribution in [0.4, 0.5) is 0 Å². The van der Waals surface area contributed by atoms with Crippen molar-refractivity contribution in [1.82, 2.24) is 5.32 Å². The Morgan fingerprint density at radius 1 is 1.18 bits per heavy atom. The molecule has 1 atom stereocenters. The Morgan fingerprint density at radius 3 is 2.71 bits per heavy atom. The number of nitrogens with one attached hydrogen (secondary N) is 1. The summed E-state index contributed by atoms with van der Waals surface area (Å²) in [6.07, 6.45) is 0.304. The minimum atomic E-state index is -0.311. The van der Waals surface area contributed by atoms with E-state index in [-0.39, 0.29) is 24.4 Å². The van der Waals surface area contributed by atoms with Gasteiger partial charge in [-0.3, -0.25) is 4.79 Å². The first-order chi connectivity index (χ1) is 8.25. The van der Waals surface area contributed by atoms with Crippen LogP contribution in [0.15, 0.2) is 41.6 Å². The van der Waals surface area contributed by atoms with Crippen LogP contribution in [-0.2, 0) is 14.3 Å². The quantitative estimate of drug-likeness (QED) is 0.734. The van der Waals surface area contributed by atoms with Gasteiger partial charge in [0.05, 0.1) is 11.3 Å². The Morgan fingerprint density at radius 2 is 1.94 bits per heavy atom. The topological polar surface area (TPSA) is 55.4 Å². The monoisotopic (exact) mass is 229 g/mol. The average Bonchev–Trinajstić information content (AvgIpc) is 2.71. The van der Waals surface area contributed by atoms with Gasteiger partial charge >= 0.3 is 5.97 Å². The number of benzene rings is 1. The Bertz CT molecular complexity index is 519. The molecule has 1 N–H and O–H groups in total. The fraction of sp³-hybridized carbons (Fsp3) is 0.231. The Hall–Kier alpha value is -2.10. The molecule has 0 saturated carbocycles. The molecule has 0 spiro atoms. The van der Waals surface area contributed by atoms with Crippen molar-refractivity contribution < 1.29 is 14.3 Å². The van der Waals surface area contributed by atoms with Gasteiger partial charge < -0.3 is 10.1 Å². The molecule has 0 unspecified atom stereocenters. The lowest BCUT2D eigenvalue weighted by Crippen LogP contribution is -2.32. The highest BCUT2D eigenvalue weighted by molar-refractivity contribution is 5.98. The van der Waals surface area contributed by atoms with Crippen molar-refractivity contribution >= 4 is 11.9 Å². The number of cyclic esters (lactones) is 1. The first-order valence-corrected chi connectivity index (χ1v) is 5.50. The summed E-state index contributed by atoms with van der Waals surface area (Å²) < 4.78 is 4.97. The number of carbonyl (C=O) groups is 2. The summed E-state index contributed by atoms with van der Waals surface area (Å²) in [6, 6.07) is 9.58. The second kappa shape index (κ2) is 3.73. The highest BCUT2D eigenvalue weighted by Crippen LogP contribution is 2.35. The highest BCUT2D eigenvalue weighted by atomic mass is 16.5. The van der Waals surface area contributed by atoms with Crippen LogP contribution in [-0.4, -0.2) is 18.5 Å². The molecule has 0 saturated heterocycles. The zero-order valence-corrected chi connectivity index (χ0v) is 9.10. The maximum atomic E-state index is 11.7. The molecule has 2 aliphatic heterocycles. The number of ether oxygens (including phenoxy) is 1. The van der Waals surface area contributed by atoms with Crippen LogP contribution >= 0.6 is 0 Å². The molecule has 2 heterocycles. The van der Waals surface area contributed by atoms with Gasteiger partial charge in [-0.2, -0.15) is 0 Å². The van der Waals surface area contributed by atoms with E-state index in [0.29, 0.717) is 17.7 Å². The number of hydrogen-bond acceptors (Lipinski definition) is 3. The van der Waals surface area contributed by atoms with Gasteiger partial charge in [-0.15, -0.1) is 0 Å². The Balaban J connectivity index is 2.06. The largest absolute Gasteiger partial charge is 0.456 e. The minimum absolute atomic E-state index is 0.0593. The summed E-state index contributed by atoms with van der Waals surface area (Å²) in [5.41, 5.74) is 2.21. The van der Waals surface area contributed by atoms with E-state index in [2.05, 4.69) is 5.32 Å². The molecule has 1 amide bonds. The minimum Gasteiger partial charge on any atom is -0.456 e. The third-order valence-electron chi connectivity index (χ3n) is 3.12. The van der Waals surface area contributed by atoms with Crippen molar-refractivity contribution in [3.8, 4) is 0 Å². The van der Waals surface area contributed by atoms with E-state index < -0.39 is 0 Å². The summed E-state index contributed by atoms with van der Waals surface area (Å²) in [5, 5.41) is 2.70. The molecule has 1 aromatic rings. The third-order valence-corrected chi connectivity index (χ3v) is 3.12. The van der Waals surface area contributed by atoms with Gasteiger partial charge in [0.1, 0.15) is 6.61 Å². The second-order valence-corrected chi connectivity index (χ2v) is 4.18. The van der Waals surface area contributed by atoms with Crippen molar-refractivity contribution in [3.63, 3.8) is 0 Å². The smallest absolute Gasteiger partial charge is 0.336 e. The van der Waals surface area contributed by atoms with Gasteiger partial charge in [0.25, 0.3) is 0 Å². The maximum Gasteiger partial charge on any atom is 0.336 e. The summed E-state index contributed by atoms with van der Waals surface area (Å²) >= 11 is 0. The van der Waals surface area contributed by atoms with Gasteiger partial charge in [-0.25, -0.2) is 4.79 Å². The summed E-state index contributed by atoms with van der Waals surface area (Å²) in [5.74, 6) is -0.542. The SMILES string of the molecule is O=C1C[C@@H](c2ccccc2)C2=C(COC2=O)N1. The van der Waals surface area contributed by atoms with E-state index in [0.717, 1.165) is 5.56 Å². The standard InChI is InChI=1S/C13H11NO3/c15-11-6-9(8-4-2-1-3-5-8)12-10(14-11)7-17-13(12)16/h1-5,9H,6-7H2,(H,14,15)/t9-/m0/s1. The van der Waals surface area contributed by atoms with Crippen molar-refractivity contribution in [2.45, 2.75) is 12.3 Å². The normalized spacial score (nSPS) is 23.2. The molecular weight excluding hydrogens is 218 g/mol. The van der Waals surface area contributed by atoms with Crippen LogP contribution in [0, 0.1) is 0 Å². The van der Waals surface area contributed by atoms with Crippen molar-refractivity contribution in [2.24, 2.45) is 0 Å². The van der Waals surface area contributed by atoms with Gasteiger partial charge in [0.15, 0.2) is 0 Å². The van der Waals surface area contributed by atoms with Crippen LogP contribution in [0.5, 0.6) is 0 Å². The number of rotatable bonds is 1. The Kier molecular flexibility index (Phi) is 2.21. The molecule has 2 aliphatic rings. The summed E-state index contributed by atoms with van der Waals surface area (Å²) in [7, 11) is 0. The van der Waals surface area contributed by atoms with E-state index in [1.807, 2.05) is 30.3 Å². The third kappa shape index (κ3) is 1.62. The van der Waals surface area contributed by atoms with Crippen molar-refractivity contribution in [1.29, 1.82) is 0 Å². The van der Waals surface area contributed by atoms with E-state index in [1.54, 1.807) is 0 Å². The van der Waals surface area contributed by atoms with Crippen LogP contribution in [0.3, 0.4) is 0 Å². The average molecular weight is 229 g/mol. The van der Waals surface area contributed by atoms with Crippen molar-refractivity contribution in [3.05, 3.63) is 47.2 Å². The molecule has 0 bridgehead atoms. The first-order valence-electron chi connectivity index (χ1n) is 5.50. The molecule has 0 aliphatic carbocycles. The van der Waals surface area contributed by atoms with Crippen molar-refractivity contribution in [2.75, 3.05) is 6.61 Å². The number of hydrogen-bond donors (Lipinski definition) is 1. The molecule has 86 valence electrons. The van der Waals surface area contributed by atoms with Gasteiger partial charge in [-0.1, -0.05) is 30.3 Å². The van der Waals surface area contributed by atoms with Gasteiger partial charge in [0, 0.05) is 12.3 Å². The lowest BCUT2D eigenvalue weighted by atomic mass is 9.85. The van der Waals surface area contributed by atoms with Crippen LogP contribution < -0.4 is 5.32 Å². The molecule has 4 nitrogen and oxygen atoms in total. The van der Waals surface area contributed by atoms with Crippen LogP contribution in [0.1, 0.15) is 17.9 Å². The predicted molar refractivity (Wildman–Crippen MR) is 59.9 cm³/mol.